The summed E-state index contributed by atoms with van der Waals surface area (Å²) in [5, 5.41) is 4.55. The molecule has 0 aliphatic carbocycles. The highest BCUT2D eigenvalue weighted by Gasteiger charge is 2.23. The highest BCUT2D eigenvalue weighted by Crippen LogP contribution is 2.22. The van der Waals surface area contributed by atoms with Crippen molar-refractivity contribution < 1.29 is 0 Å². The van der Waals surface area contributed by atoms with Crippen LogP contribution >= 0.6 is 11.6 Å². The summed E-state index contributed by atoms with van der Waals surface area (Å²) in [6, 6.07) is 9.34. The Balaban J connectivity index is 1.92. The van der Waals surface area contributed by atoms with Crippen molar-refractivity contribution in [3.8, 4) is 0 Å². The Kier molecular flexibility index (Phi) is 5.68. The molecule has 2 atom stereocenters. The number of nitrogens with zero attached hydrogens (tertiary/aromatic N) is 1. The van der Waals surface area contributed by atoms with Crippen LogP contribution < -0.4 is 5.32 Å². The van der Waals surface area contributed by atoms with E-state index in [0.717, 1.165) is 18.0 Å². The van der Waals surface area contributed by atoms with Crippen LogP contribution in [0, 0.1) is 0 Å². The maximum Gasteiger partial charge on any atom is 0.0409 e. The zero-order valence-corrected chi connectivity index (χ0v) is 12.8. The Hall–Kier alpha value is -0.570. The van der Waals surface area contributed by atoms with Gasteiger partial charge in [0, 0.05) is 23.7 Å². The molecule has 0 aromatic heterocycles. The van der Waals surface area contributed by atoms with E-state index >= 15 is 0 Å². The number of benzene rings is 1. The molecule has 1 saturated heterocycles. The smallest absolute Gasteiger partial charge is 0.0409 e. The zero-order chi connectivity index (χ0) is 13.7. The number of likely N-dealkylation sites (tertiary alicyclic amines) is 1. The second-order valence-electron chi connectivity index (χ2n) is 5.35. The van der Waals surface area contributed by atoms with E-state index in [1.807, 2.05) is 12.1 Å². The van der Waals surface area contributed by atoms with Crippen LogP contribution in [0.25, 0.3) is 0 Å². The van der Waals surface area contributed by atoms with Gasteiger partial charge in [-0.2, -0.15) is 0 Å². The molecule has 0 radical (unpaired) electrons. The first kappa shape index (κ1) is 14.8. The van der Waals surface area contributed by atoms with Gasteiger partial charge in [-0.1, -0.05) is 37.6 Å². The molecule has 0 spiro atoms. The lowest BCUT2D eigenvalue weighted by atomic mass is 10.0. The summed E-state index contributed by atoms with van der Waals surface area (Å²) in [6.45, 7) is 7.99. The quantitative estimate of drug-likeness (QED) is 0.851. The fraction of sp³-hybridized carbons (Fsp3) is 0.625. The van der Waals surface area contributed by atoms with Gasteiger partial charge in [0.1, 0.15) is 0 Å². The van der Waals surface area contributed by atoms with E-state index in [1.165, 1.54) is 31.5 Å². The lowest BCUT2D eigenvalue weighted by molar-refractivity contribution is 0.253. The third kappa shape index (κ3) is 3.95. The summed E-state index contributed by atoms with van der Waals surface area (Å²) < 4.78 is 0. The average Bonchev–Trinajstić information content (AvgIpc) is 2.87. The van der Waals surface area contributed by atoms with E-state index < -0.39 is 0 Å². The minimum Gasteiger partial charge on any atom is -0.308 e. The van der Waals surface area contributed by atoms with E-state index in [9.17, 15) is 0 Å². The Morgan fingerprint density at radius 1 is 1.42 bits per heavy atom. The van der Waals surface area contributed by atoms with Crippen LogP contribution in [0.5, 0.6) is 0 Å². The van der Waals surface area contributed by atoms with Crippen LogP contribution in [0.3, 0.4) is 0 Å². The topological polar surface area (TPSA) is 15.3 Å². The fourth-order valence-electron chi connectivity index (χ4n) is 3.04. The van der Waals surface area contributed by atoms with E-state index in [2.05, 4.69) is 36.2 Å². The van der Waals surface area contributed by atoms with Gasteiger partial charge < -0.3 is 5.32 Å². The van der Waals surface area contributed by atoms with Crippen molar-refractivity contribution in [2.45, 2.75) is 45.2 Å². The molecular formula is C16H25ClN2. The number of likely N-dealkylation sites (N-methyl/N-ethyl adjacent to an activating group) is 1. The SMILES string of the molecule is CCC(NCC1CCCN1CC)c1cccc(Cl)c1. The lowest BCUT2D eigenvalue weighted by Crippen LogP contribution is -2.39. The predicted octanol–water partition coefficient (Wildman–Crippen LogP) is 3.87. The first-order chi connectivity index (χ1) is 9.24. The first-order valence-electron chi connectivity index (χ1n) is 7.47. The largest absolute Gasteiger partial charge is 0.308 e. The van der Waals surface area contributed by atoms with Crippen LogP contribution in [0.2, 0.25) is 5.02 Å². The molecule has 106 valence electrons. The lowest BCUT2D eigenvalue weighted by Gasteiger charge is -2.26. The second kappa shape index (κ2) is 7.28. The maximum absolute atomic E-state index is 6.08. The molecule has 0 bridgehead atoms. The van der Waals surface area contributed by atoms with Gasteiger partial charge in [0.05, 0.1) is 0 Å². The van der Waals surface area contributed by atoms with Crippen molar-refractivity contribution in [3.63, 3.8) is 0 Å². The summed E-state index contributed by atoms with van der Waals surface area (Å²) in [5.41, 5.74) is 1.30. The monoisotopic (exact) mass is 280 g/mol. The third-order valence-electron chi connectivity index (χ3n) is 4.16. The molecule has 2 unspecified atom stereocenters. The molecule has 2 nitrogen and oxygen atoms in total. The molecule has 1 aromatic carbocycles. The Labute approximate surface area is 122 Å². The van der Waals surface area contributed by atoms with Crippen molar-refractivity contribution in [2.24, 2.45) is 0 Å². The Morgan fingerprint density at radius 2 is 2.26 bits per heavy atom. The van der Waals surface area contributed by atoms with Gasteiger partial charge in [-0.05, 0) is 50.0 Å². The number of nitrogens with one attached hydrogen (secondary N) is 1. The van der Waals surface area contributed by atoms with Gasteiger partial charge in [-0.3, -0.25) is 4.90 Å². The number of hydrogen-bond acceptors (Lipinski definition) is 2. The van der Waals surface area contributed by atoms with Crippen LogP contribution in [-0.2, 0) is 0 Å². The second-order valence-corrected chi connectivity index (χ2v) is 5.79. The first-order valence-corrected chi connectivity index (χ1v) is 7.85. The van der Waals surface area contributed by atoms with Gasteiger partial charge in [-0.25, -0.2) is 0 Å². The Bertz CT molecular complexity index is 394. The van der Waals surface area contributed by atoms with Gasteiger partial charge >= 0.3 is 0 Å². The van der Waals surface area contributed by atoms with E-state index in [0.29, 0.717) is 12.1 Å². The molecule has 3 heteroatoms. The summed E-state index contributed by atoms with van der Waals surface area (Å²) in [6.07, 6.45) is 3.76. The minimum absolute atomic E-state index is 0.415. The van der Waals surface area contributed by atoms with Crippen LogP contribution in [0.15, 0.2) is 24.3 Å². The summed E-state index contributed by atoms with van der Waals surface area (Å²) in [7, 11) is 0. The summed E-state index contributed by atoms with van der Waals surface area (Å²) in [5.74, 6) is 0. The molecule has 2 rings (SSSR count). The number of rotatable bonds is 6. The standard InChI is InChI=1S/C16H25ClN2/c1-3-16(13-7-5-8-14(17)11-13)18-12-15-9-6-10-19(15)4-2/h5,7-8,11,15-16,18H,3-4,6,9-10,12H2,1-2H3. The molecular weight excluding hydrogens is 256 g/mol. The van der Waals surface area contributed by atoms with Gasteiger partial charge in [0.2, 0.25) is 0 Å². The highest BCUT2D eigenvalue weighted by molar-refractivity contribution is 6.30. The van der Waals surface area contributed by atoms with Crippen molar-refractivity contribution in [3.05, 3.63) is 34.9 Å². The summed E-state index contributed by atoms with van der Waals surface area (Å²) >= 11 is 6.08. The van der Waals surface area contributed by atoms with Crippen molar-refractivity contribution in [1.29, 1.82) is 0 Å². The summed E-state index contributed by atoms with van der Waals surface area (Å²) in [4.78, 5) is 2.58. The van der Waals surface area contributed by atoms with Crippen molar-refractivity contribution >= 4 is 11.6 Å². The van der Waals surface area contributed by atoms with Gasteiger partial charge in [0.25, 0.3) is 0 Å². The highest BCUT2D eigenvalue weighted by atomic mass is 35.5. The molecule has 0 amide bonds. The third-order valence-corrected chi connectivity index (χ3v) is 4.40. The number of hydrogen-bond donors (Lipinski definition) is 1. The number of halogens is 1. The van der Waals surface area contributed by atoms with Gasteiger partial charge in [-0.15, -0.1) is 0 Å². The zero-order valence-electron chi connectivity index (χ0n) is 12.0. The van der Waals surface area contributed by atoms with Crippen molar-refractivity contribution in [1.82, 2.24) is 10.2 Å². The van der Waals surface area contributed by atoms with Crippen LogP contribution in [0.4, 0.5) is 0 Å². The fourth-order valence-corrected chi connectivity index (χ4v) is 3.24. The molecule has 1 aliphatic rings. The Morgan fingerprint density at radius 3 is 2.95 bits per heavy atom. The van der Waals surface area contributed by atoms with E-state index in [4.69, 9.17) is 11.6 Å². The molecule has 1 N–H and O–H groups in total. The molecule has 1 aromatic rings. The van der Waals surface area contributed by atoms with Crippen LogP contribution in [-0.4, -0.2) is 30.6 Å². The van der Waals surface area contributed by atoms with Crippen LogP contribution in [0.1, 0.15) is 44.7 Å². The molecule has 1 heterocycles. The maximum atomic E-state index is 6.08. The normalized spacial score (nSPS) is 21.7. The van der Waals surface area contributed by atoms with Gasteiger partial charge in [0.15, 0.2) is 0 Å². The molecule has 0 saturated carbocycles. The minimum atomic E-state index is 0.415. The molecule has 19 heavy (non-hydrogen) atoms. The average molecular weight is 281 g/mol. The van der Waals surface area contributed by atoms with E-state index in [1.54, 1.807) is 0 Å². The van der Waals surface area contributed by atoms with Crippen molar-refractivity contribution in [2.75, 3.05) is 19.6 Å². The predicted molar refractivity (Wildman–Crippen MR) is 82.8 cm³/mol. The molecule has 1 aliphatic heterocycles. The molecule has 1 fully saturated rings. The van der Waals surface area contributed by atoms with E-state index in [-0.39, 0.29) is 0 Å².